The zero-order valence-electron chi connectivity index (χ0n) is 16.2. The number of rotatable bonds is 6. The van der Waals surface area contributed by atoms with Crippen molar-refractivity contribution in [2.45, 2.75) is 57.2 Å². The Kier molecular flexibility index (Phi) is 5.49. The Balaban J connectivity index is 1.23. The molecule has 146 valence electrons. The molecule has 4 nitrogen and oxygen atoms in total. The standard InChI is InChI=1S/C22H30N2O2S/c1-13-3-5-19(6-4-13)23-20(25)12-27-14(2)22(26)24-21-17-8-15-7-16(10-17)11-18(21)9-15/h3-6,14-18,21H,7-12H2,1-2H3,(H,23,25)(H,24,26). The molecule has 1 atom stereocenters. The Hall–Kier alpha value is -1.49. The maximum absolute atomic E-state index is 12.7. The Bertz CT molecular complexity index is 675. The lowest BCUT2D eigenvalue weighted by Crippen LogP contribution is -2.56. The molecule has 4 aliphatic rings. The number of benzene rings is 1. The van der Waals surface area contributed by atoms with Gasteiger partial charge in [0.15, 0.2) is 0 Å². The van der Waals surface area contributed by atoms with E-state index < -0.39 is 0 Å². The number of amides is 2. The van der Waals surface area contributed by atoms with Gasteiger partial charge in [0.25, 0.3) is 0 Å². The van der Waals surface area contributed by atoms with E-state index >= 15 is 0 Å². The second kappa shape index (κ2) is 7.86. The molecule has 5 rings (SSSR count). The van der Waals surface area contributed by atoms with Crippen molar-refractivity contribution in [3.8, 4) is 0 Å². The highest BCUT2D eigenvalue weighted by atomic mass is 32.2. The van der Waals surface area contributed by atoms with Crippen molar-refractivity contribution in [3.63, 3.8) is 0 Å². The second-order valence-corrected chi connectivity index (χ2v) is 10.2. The van der Waals surface area contributed by atoms with Gasteiger partial charge in [-0.3, -0.25) is 9.59 Å². The maximum atomic E-state index is 12.7. The highest BCUT2D eigenvalue weighted by molar-refractivity contribution is 8.01. The van der Waals surface area contributed by atoms with Crippen LogP contribution in [0, 0.1) is 30.6 Å². The van der Waals surface area contributed by atoms with Gasteiger partial charge in [-0.05, 0) is 81.8 Å². The highest BCUT2D eigenvalue weighted by Gasteiger charge is 2.48. The normalized spacial score (nSPS) is 32.1. The van der Waals surface area contributed by atoms with E-state index in [0.29, 0.717) is 23.6 Å². The van der Waals surface area contributed by atoms with Crippen LogP contribution in [0.4, 0.5) is 5.69 Å². The van der Waals surface area contributed by atoms with Crippen LogP contribution in [0.2, 0.25) is 0 Å². The smallest absolute Gasteiger partial charge is 0.234 e. The number of hydrogen-bond donors (Lipinski definition) is 2. The molecule has 0 radical (unpaired) electrons. The Morgan fingerprint density at radius 3 is 2.22 bits per heavy atom. The summed E-state index contributed by atoms with van der Waals surface area (Å²) >= 11 is 1.42. The van der Waals surface area contributed by atoms with E-state index in [1.165, 1.54) is 43.9 Å². The molecule has 27 heavy (non-hydrogen) atoms. The van der Waals surface area contributed by atoms with Gasteiger partial charge in [0, 0.05) is 11.7 Å². The Morgan fingerprint density at radius 2 is 1.63 bits per heavy atom. The first-order valence-electron chi connectivity index (χ1n) is 10.3. The molecule has 1 unspecified atom stereocenters. The van der Waals surface area contributed by atoms with E-state index in [0.717, 1.165) is 23.1 Å². The number of hydrogen-bond acceptors (Lipinski definition) is 3. The molecule has 4 bridgehead atoms. The van der Waals surface area contributed by atoms with Gasteiger partial charge in [0.05, 0.1) is 11.0 Å². The first kappa shape index (κ1) is 18.9. The van der Waals surface area contributed by atoms with Gasteiger partial charge in [-0.15, -0.1) is 11.8 Å². The van der Waals surface area contributed by atoms with Crippen LogP contribution in [0.25, 0.3) is 0 Å². The van der Waals surface area contributed by atoms with Gasteiger partial charge < -0.3 is 10.6 Å². The lowest BCUT2D eigenvalue weighted by molar-refractivity contribution is -0.124. The minimum atomic E-state index is -0.203. The average molecular weight is 387 g/mol. The third-order valence-electron chi connectivity index (χ3n) is 6.70. The number of thioether (sulfide) groups is 1. The fourth-order valence-corrected chi connectivity index (χ4v) is 6.25. The van der Waals surface area contributed by atoms with Crippen LogP contribution in [-0.4, -0.2) is 28.9 Å². The molecule has 1 aromatic rings. The zero-order chi connectivity index (χ0) is 19.0. The van der Waals surface area contributed by atoms with Crippen LogP contribution in [-0.2, 0) is 9.59 Å². The molecule has 4 saturated carbocycles. The van der Waals surface area contributed by atoms with Crippen LogP contribution in [0.5, 0.6) is 0 Å². The quantitative estimate of drug-likeness (QED) is 0.777. The van der Waals surface area contributed by atoms with Crippen molar-refractivity contribution >= 4 is 29.3 Å². The fraction of sp³-hybridized carbons (Fsp3) is 0.636. The second-order valence-electron chi connectivity index (χ2n) is 8.83. The van der Waals surface area contributed by atoms with Crippen LogP contribution in [0.3, 0.4) is 0 Å². The minimum Gasteiger partial charge on any atom is -0.352 e. The van der Waals surface area contributed by atoms with Gasteiger partial charge >= 0.3 is 0 Å². The number of carbonyl (C=O) groups excluding carboxylic acids is 2. The van der Waals surface area contributed by atoms with E-state index in [9.17, 15) is 9.59 Å². The lowest BCUT2D eigenvalue weighted by atomic mass is 9.54. The Labute approximate surface area is 166 Å². The number of anilines is 1. The summed E-state index contributed by atoms with van der Waals surface area (Å²) in [6.45, 7) is 3.93. The maximum Gasteiger partial charge on any atom is 0.234 e. The van der Waals surface area contributed by atoms with Crippen LogP contribution >= 0.6 is 11.8 Å². The molecule has 4 aliphatic carbocycles. The van der Waals surface area contributed by atoms with Crippen molar-refractivity contribution in [2.75, 3.05) is 11.1 Å². The molecule has 0 spiro atoms. The molecular formula is C22H30N2O2S. The van der Waals surface area contributed by atoms with Crippen LogP contribution < -0.4 is 10.6 Å². The van der Waals surface area contributed by atoms with Gasteiger partial charge in [-0.25, -0.2) is 0 Å². The summed E-state index contributed by atoms with van der Waals surface area (Å²) in [6, 6.07) is 8.13. The summed E-state index contributed by atoms with van der Waals surface area (Å²) in [5.74, 6) is 3.54. The van der Waals surface area contributed by atoms with Crippen LogP contribution in [0.15, 0.2) is 24.3 Å². The van der Waals surface area contributed by atoms with Crippen molar-refractivity contribution < 1.29 is 9.59 Å². The summed E-state index contributed by atoms with van der Waals surface area (Å²) < 4.78 is 0. The summed E-state index contributed by atoms with van der Waals surface area (Å²) in [5, 5.41) is 6.04. The average Bonchev–Trinajstić information content (AvgIpc) is 2.64. The third-order valence-corrected chi connectivity index (χ3v) is 7.85. The monoisotopic (exact) mass is 386 g/mol. The zero-order valence-corrected chi connectivity index (χ0v) is 17.1. The molecule has 0 aromatic heterocycles. The first-order valence-corrected chi connectivity index (χ1v) is 11.3. The number of aryl methyl sites for hydroxylation is 1. The molecule has 2 amide bonds. The highest BCUT2D eigenvalue weighted by Crippen LogP contribution is 2.53. The van der Waals surface area contributed by atoms with Crippen molar-refractivity contribution in [1.29, 1.82) is 0 Å². The van der Waals surface area contributed by atoms with Gasteiger partial charge in [-0.2, -0.15) is 0 Å². The van der Waals surface area contributed by atoms with Crippen molar-refractivity contribution in [1.82, 2.24) is 5.32 Å². The number of nitrogens with one attached hydrogen (secondary N) is 2. The van der Waals surface area contributed by atoms with Gasteiger partial charge in [0.2, 0.25) is 11.8 Å². The predicted molar refractivity (Wildman–Crippen MR) is 111 cm³/mol. The number of carbonyl (C=O) groups is 2. The van der Waals surface area contributed by atoms with E-state index in [4.69, 9.17) is 0 Å². The molecule has 4 fully saturated rings. The first-order chi connectivity index (χ1) is 13.0. The molecule has 0 saturated heterocycles. The third kappa shape index (κ3) is 4.34. The van der Waals surface area contributed by atoms with E-state index in [2.05, 4.69) is 10.6 Å². The molecule has 2 N–H and O–H groups in total. The topological polar surface area (TPSA) is 58.2 Å². The fourth-order valence-electron chi connectivity index (χ4n) is 5.55. The van der Waals surface area contributed by atoms with Crippen LogP contribution in [0.1, 0.15) is 44.6 Å². The lowest BCUT2D eigenvalue weighted by Gasteiger charge is -2.54. The SMILES string of the molecule is Cc1ccc(NC(=O)CSC(C)C(=O)NC2C3CC4CC(C3)CC2C4)cc1. The summed E-state index contributed by atoms with van der Waals surface area (Å²) in [6.07, 6.45) is 6.64. The summed E-state index contributed by atoms with van der Waals surface area (Å²) in [4.78, 5) is 24.8. The molecular weight excluding hydrogens is 356 g/mol. The summed E-state index contributed by atoms with van der Waals surface area (Å²) in [7, 11) is 0. The van der Waals surface area contributed by atoms with Gasteiger partial charge in [-0.1, -0.05) is 17.7 Å². The Morgan fingerprint density at radius 1 is 1.04 bits per heavy atom. The van der Waals surface area contributed by atoms with E-state index in [1.54, 1.807) is 0 Å². The molecule has 1 aromatic carbocycles. The minimum absolute atomic E-state index is 0.0573. The van der Waals surface area contributed by atoms with E-state index in [-0.39, 0.29) is 17.1 Å². The van der Waals surface area contributed by atoms with Gasteiger partial charge in [0.1, 0.15) is 0 Å². The van der Waals surface area contributed by atoms with E-state index in [1.807, 2.05) is 38.1 Å². The largest absolute Gasteiger partial charge is 0.352 e. The molecule has 0 aliphatic heterocycles. The summed E-state index contributed by atoms with van der Waals surface area (Å²) in [5.41, 5.74) is 1.97. The molecule has 5 heteroatoms. The van der Waals surface area contributed by atoms with Crippen molar-refractivity contribution in [3.05, 3.63) is 29.8 Å². The van der Waals surface area contributed by atoms with Crippen molar-refractivity contribution in [2.24, 2.45) is 23.7 Å². The molecule has 0 heterocycles. The predicted octanol–water partition coefficient (Wildman–Crippen LogP) is 4.00.